The lowest BCUT2D eigenvalue weighted by molar-refractivity contribution is -0.124. The molecule has 1 atom stereocenters. The van der Waals surface area contributed by atoms with Crippen LogP contribution >= 0.6 is 0 Å². The number of rotatable bonds is 5. The maximum absolute atomic E-state index is 12.6. The van der Waals surface area contributed by atoms with Crippen LogP contribution < -0.4 is 5.32 Å². The van der Waals surface area contributed by atoms with Crippen molar-refractivity contribution in [2.75, 3.05) is 0 Å². The number of carbonyl (C=O) groups excluding carboxylic acids is 3. The van der Waals surface area contributed by atoms with E-state index in [1.54, 1.807) is 37.6 Å². The molecule has 7 heteroatoms. The molecular weight excluding hydrogens is 368 g/mol. The van der Waals surface area contributed by atoms with Gasteiger partial charge in [-0.1, -0.05) is 23.8 Å². The number of carbonyl (C=O) groups is 3. The topological polar surface area (TPSA) is 84.3 Å². The molecule has 0 aliphatic carbocycles. The first kappa shape index (κ1) is 18.6. The Morgan fingerprint density at radius 2 is 1.79 bits per heavy atom. The molecule has 3 amide bonds. The molecule has 0 spiro atoms. The van der Waals surface area contributed by atoms with Crippen LogP contribution in [0.4, 0.5) is 0 Å². The summed E-state index contributed by atoms with van der Waals surface area (Å²) < 4.78 is 1.88. The second-order valence-corrected chi connectivity index (χ2v) is 7.06. The molecule has 3 aromatic rings. The maximum Gasteiger partial charge on any atom is 0.262 e. The lowest BCUT2D eigenvalue weighted by Crippen LogP contribution is -2.47. The average molecular weight is 388 g/mol. The summed E-state index contributed by atoms with van der Waals surface area (Å²) in [5.41, 5.74) is 3.46. The van der Waals surface area contributed by atoms with Crippen molar-refractivity contribution in [2.45, 2.75) is 26.4 Å². The van der Waals surface area contributed by atoms with Crippen LogP contribution in [0.3, 0.4) is 0 Å². The number of imidazole rings is 1. The first-order valence-electron chi connectivity index (χ1n) is 9.29. The predicted molar refractivity (Wildman–Crippen MR) is 107 cm³/mol. The van der Waals surface area contributed by atoms with Crippen molar-refractivity contribution >= 4 is 17.7 Å². The summed E-state index contributed by atoms with van der Waals surface area (Å²) in [5.74, 6) is -1.24. The summed E-state index contributed by atoms with van der Waals surface area (Å²) in [6, 6.07) is 11.9. The molecule has 1 N–H and O–H groups in total. The molecular formula is C22H20N4O3. The number of fused-ring (bicyclic) bond motifs is 1. The second kappa shape index (κ2) is 7.35. The van der Waals surface area contributed by atoms with Crippen LogP contribution in [0.25, 0.3) is 5.69 Å². The minimum atomic E-state index is -0.895. The molecule has 0 saturated heterocycles. The highest BCUT2D eigenvalue weighted by atomic mass is 16.2. The van der Waals surface area contributed by atoms with E-state index in [1.165, 1.54) is 0 Å². The monoisotopic (exact) mass is 388 g/mol. The van der Waals surface area contributed by atoms with E-state index in [1.807, 2.05) is 42.0 Å². The number of aryl methyl sites for hydroxylation is 1. The second-order valence-electron chi connectivity index (χ2n) is 7.06. The molecule has 4 rings (SSSR count). The minimum Gasteiger partial charge on any atom is -0.350 e. The van der Waals surface area contributed by atoms with E-state index >= 15 is 0 Å². The van der Waals surface area contributed by atoms with Gasteiger partial charge in [0.1, 0.15) is 6.04 Å². The van der Waals surface area contributed by atoms with Gasteiger partial charge in [-0.3, -0.25) is 19.3 Å². The normalized spacial score (nSPS) is 14.1. The molecule has 0 radical (unpaired) electrons. The fourth-order valence-corrected chi connectivity index (χ4v) is 3.38. The lowest BCUT2D eigenvalue weighted by Gasteiger charge is -2.21. The van der Waals surface area contributed by atoms with E-state index in [4.69, 9.17) is 0 Å². The summed E-state index contributed by atoms with van der Waals surface area (Å²) in [7, 11) is 0. The van der Waals surface area contributed by atoms with Gasteiger partial charge in [-0.2, -0.15) is 0 Å². The molecule has 146 valence electrons. The zero-order valence-electron chi connectivity index (χ0n) is 16.1. The zero-order chi connectivity index (χ0) is 20.5. The van der Waals surface area contributed by atoms with Gasteiger partial charge in [-0.05, 0) is 43.7 Å². The standard InChI is InChI=1S/C22H20N4O3/c1-14-3-8-18-19(11-14)22(29)26(21(18)28)15(2)20(27)24-12-16-4-6-17(7-5-16)25-10-9-23-13-25/h3-11,13,15H,12H2,1-2H3,(H,24,27). The van der Waals surface area contributed by atoms with Crippen molar-refractivity contribution in [1.82, 2.24) is 19.8 Å². The fourth-order valence-electron chi connectivity index (χ4n) is 3.38. The molecule has 29 heavy (non-hydrogen) atoms. The van der Waals surface area contributed by atoms with Gasteiger partial charge in [0.25, 0.3) is 11.8 Å². The van der Waals surface area contributed by atoms with Crippen molar-refractivity contribution in [1.29, 1.82) is 0 Å². The molecule has 0 bridgehead atoms. The van der Waals surface area contributed by atoms with Crippen molar-refractivity contribution in [3.8, 4) is 5.69 Å². The Bertz CT molecular complexity index is 1090. The summed E-state index contributed by atoms with van der Waals surface area (Å²) in [5, 5.41) is 2.80. The molecule has 0 fully saturated rings. The van der Waals surface area contributed by atoms with Gasteiger partial charge in [-0.25, -0.2) is 4.98 Å². The number of amides is 3. The number of imide groups is 1. The van der Waals surface area contributed by atoms with Crippen LogP contribution in [-0.4, -0.2) is 38.2 Å². The SMILES string of the molecule is Cc1ccc2c(c1)C(=O)N(C(C)C(=O)NCc1ccc(-n3ccnc3)cc1)C2=O. The molecule has 2 heterocycles. The van der Waals surface area contributed by atoms with E-state index < -0.39 is 17.9 Å². The molecule has 7 nitrogen and oxygen atoms in total. The number of hydrogen-bond donors (Lipinski definition) is 1. The quantitative estimate of drug-likeness (QED) is 0.681. The van der Waals surface area contributed by atoms with E-state index in [9.17, 15) is 14.4 Å². The summed E-state index contributed by atoms with van der Waals surface area (Å²) >= 11 is 0. The van der Waals surface area contributed by atoms with Crippen LogP contribution in [0.1, 0.15) is 38.8 Å². The van der Waals surface area contributed by atoms with Crippen LogP contribution in [-0.2, 0) is 11.3 Å². The Balaban J connectivity index is 1.41. The van der Waals surface area contributed by atoms with Crippen LogP contribution in [0.15, 0.2) is 61.2 Å². The maximum atomic E-state index is 12.6. The molecule has 1 unspecified atom stereocenters. The summed E-state index contributed by atoms with van der Waals surface area (Å²) in [4.78, 5) is 42.9. The van der Waals surface area contributed by atoms with Crippen molar-refractivity contribution in [3.63, 3.8) is 0 Å². The molecule has 1 aliphatic rings. The molecule has 1 aliphatic heterocycles. The largest absolute Gasteiger partial charge is 0.350 e. The van der Waals surface area contributed by atoms with Crippen LogP contribution in [0, 0.1) is 6.92 Å². The Hall–Kier alpha value is -3.74. The van der Waals surface area contributed by atoms with Crippen molar-refractivity contribution in [2.24, 2.45) is 0 Å². The first-order valence-corrected chi connectivity index (χ1v) is 9.29. The van der Waals surface area contributed by atoms with Gasteiger partial charge in [0.15, 0.2) is 0 Å². The number of nitrogens with zero attached hydrogens (tertiary/aromatic N) is 3. The fraction of sp³-hybridized carbons (Fsp3) is 0.182. The third kappa shape index (κ3) is 3.42. The average Bonchev–Trinajstić information content (AvgIpc) is 3.34. The van der Waals surface area contributed by atoms with Crippen LogP contribution in [0.2, 0.25) is 0 Å². The van der Waals surface area contributed by atoms with E-state index in [0.717, 1.165) is 21.7 Å². The Morgan fingerprint density at radius 1 is 1.07 bits per heavy atom. The predicted octanol–water partition coefficient (Wildman–Crippen LogP) is 2.48. The number of nitrogens with one attached hydrogen (secondary N) is 1. The Morgan fingerprint density at radius 3 is 2.48 bits per heavy atom. The minimum absolute atomic E-state index is 0.301. The third-order valence-corrected chi connectivity index (χ3v) is 5.05. The van der Waals surface area contributed by atoms with E-state index in [0.29, 0.717) is 17.7 Å². The van der Waals surface area contributed by atoms with Gasteiger partial charge in [0.2, 0.25) is 5.91 Å². The van der Waals surface area contributed by atoms with E-state index in [-0.39, 0.29) is 5.91 Å². The number of aromatic nitrogens is 2. The Labute approximate surface area is 168 Å². The number of benzene rings is 2. The van der Waals surface area contributed by atoms with Gasteiger partial charge in [-0.15, -0.1) is 0 Å². The summed E-state index contributed by atoms with van der Waals surface area (Å²) in [6.07, 6.45) is 5.26. The summed E-state index contributed by atoms with van der Waals surface area (Å²) in [6.45, 7) is 3.72. The molecule has 1 aromatic heterocycles. The lowest BCUT2D eigenvalue weighted by atomic mass is 10.1. The van der Waals surface area contributed by atoms with Gasteiger partial charge in [0.05, 0.1) is 17.5 Å². The highest BCUT2D eigenvalue weighted by molar-refractivity contribution is 6.22. The third-order valence-electron chi connectivity index (χ3n) is 5.05. The number of hydrogen-bond acceptors (Lipinski definition) is 4. The van der Waals surface area contributed by atoms with Crippen molar-refractivity contribution in [3.05, 3.63) is 83.4 Å². The van der Waals surface area contributed by atoms with E-state index in [2.05, 4.69) is 10.3 Å². The van der Waals surface area contributed by atoms with Gasteiger partial charge < -0.3 is 9.88 Å². The van der Waals surface area contributed by atoms with Crippen LogP contribution in [0.5, 0.6) is 0 Å². The molecule has 0 saturated carbocycles. The first-order chi connectivity index (χ1) is 14.0. The smallest absolute Gasteiger partial charge is 0.262 e. The highest BCUT2D eigenvalue weighted by Crippen LogP contribution is 2.25. The van der Waals surface area contributed by atoms with Gasteiger partial charge >= 0.3 is 0 Å². The van der Waals surface area contributed by atoms with Gasteiger partial charge in [0, 0.05) is 24.6 Å². The Kier molecular flexibility index (Phi) is 4.72. The molecule has 2 aromatic carbocycles. The highest BCUT2D eigenvalue weighted by Gasteiger charge is 2.40. The zero-order valence-corrected chi connectivity index (χ0v) is 16.1. The van der Waals surface area contributed by atoms with Crippen molar-refractivity contribution < 1.29 is 14.4 Å².